The molecule has 0 aliphatic heterocycles. The Morgan fingerprint density at radius 1 is 1.19 bits per heavy atom. The van der Waals surface area contributed by atoms with Crippen molar-refractivity contribution < 1.29 is 19.0 Å². The lowest BCUT2D eigenvalue weighted by Gasteiger charge is -2.16. The van der Waals surface area contributed by atoms with E-state index in [-0.39, 0.29) is 12.0 Å². The zero-order chi connectivity index (χ0) is 20.2. The number of hydrogen-bond donors (Lipinski definition) is 1. The van der Waals surface area contributed by atoms with E-state index in [2.05, 4.69) is 4.72 Å². The fourth-order valence-corrected chi connectivity index (χ4v) is 4.09. The van der Waals surface area contributed by atoms with Crippen molar-refractivity contribution in [1.82, 2.24) is 0 Å². The summed E-state index contributed by atoms with van der Waals surface area (Å²) in [7, 11) is -2.31. The molecule has 0 saturated heterocycles. The summed E-state index contributed by atoms with van der Waals surface area (Å²) in [6.07, 6.45) is 4.65. The summed E-state index contributed by atoms with van der Waals surface area (Å²) in [6, 6.07) is 4.82. The minimum Gasteiger partial charge on any atom is -0.500 e. The highest BCUT2D eigenvalue weighted by Crippen LogP contribution is 2.28. The van der Waals surface area contributed by atoms with Crippen LogP contribution in [-0.4, -0.2) is 15.5 Å². The number of methoxy groups -OCH3 is 1. The van der Waals surface area contributed by atoms with E-state index >= 15 is 0 Å². The van der Waals surface area contributed by atoms with Crippen LogP contribution in [0.1, 0.15) is 39.2 Å². The van der Waals surface area contributed by atoms with Crippen molar-refractivity contribution in [2.24, 2.45) is 0 Å². The molecule has 0 spiro atoms. The number of sulfonamides is 1. The zero-order valence-electron chi connectivity index (χ0n) is 16.3. The number of ether oxygens (including phenoxy) is 1. The van der Waals surface area contributed by atoms with Gasteiger partial charge in [-0.2, -0.15) is 0 Å². The molecule has 1 N–H and O–H groups in total. The van der Waals surface area contributed by atoms with Crippen LogP contribution in [0, 0.1) is 13.8 Å². The Morgan fingerprint density at radius 2 is 1.89 bits per heavy atom. The van der Waals surface area contributed by atoms with Gasteiger partial charge >= 0.3 is 5.63 Å². The molecule has 7 heteroatoms. The summed E-state index contributed by atoms with van der Waals surface area (Å²) in [5, 5.41) is 0.692. The Balaban J connectivity index is 0.00000127. The maximum Gasteiger partial charge on any atom is 0.339 e. The second-order valence-electron chi connectivity index (χ2n) is 5.89. The number of aryl methyl sites for hydroxylation is 1. The Morgan fingerprint density at radius 3 is 2.56 bits per heavy atom. The molecule has 27 heavy (non-hydrogen) atoms. The van der Waals surface area contributed by atoms with Crippen molar-refractivity contribution in [3.05, 3.63) is 62.6 Å². The first-order chi connectivity index (χ1) is 12.8. The average molecular weight is 394 g/mol. The highest BCUT2D eigenvalue weighted by molar-refractivity contribution is 7.96. The van der Waals surface area contributed by atoms with Crippen LogP contribution in [0.25, 0.3) is 11.0 Å². The number of anilines is 1. The van der Waals surface area contributed by atoms with Gasteiger partial charge in [0.05, 0.1) is 7.11 Å². The van der Waals surface area contributed by atoms with E-state index in [4.69, 9.17) is 9.15 Å². The Hall–Kier alpha value is -2.54. The number of nitrogens with one attached hydrogen (secondary N) is 1. The quantitative estimate of drug-likeness (QED) is 0.765. The van der Waals surface area contributed by atoms with E-state index in [1.807, 2.05) is 20.8 Å². The van der Waals surface area contributed by atoms with E-state index in [1.54, 1.807) is 37.3 Å². The van der Waals surface area contributed by atoms with Gasteiger partial charge in [-0.3, -0.25) is 4.72 Å². The number of benzene rings is 1. The van der Waals surface area contributed by atoms with Crippen molar-refractivity contribution in [3.63, 3.8) is 0 Å². The molecule has 1 aromatic heterocycles. The van der Waals surface area contributed by atoms with E-state index in [9.17, 15) is 13.2 Å². The molecule has 148 valence electrons. The maximum absolute atomic E-state index is 12.7. The molecular formula is C20H27NO5S. The number of fused-ring (bicyclic) bond motifs is 1. The van der Waals surface area contributed by atoms with Gasteiger partial charge in [-0.1, -0.05) is 19.9 Å². The normalized spacial score (nSPS) is 14.0. The summed E-state index contributed by atoms with van der Waals surface area (Å²) in [6.45, 7) is 7.49. The predicted molar refractivity (Wildman–Crippen MR) is 110 cm³/mol. The van der Waals surface area contributed by atoms with Crippen molar-refractivity contribution in [2.75, 3.05) is 11.8 Å². The van der Waals surface area contributed by atoms with Gasteiger partial charge in [0, 0.05) is 24.5 Å². The molecule has 0 saturated carbocycles. The fraction of sp³-hybridized carbons (Fsp3) is 0.350. The van der Waals surface area contributed by atoms with Crippen molar-refractivity contribution in [3.8, 4) is 0 Å². The molecule has 0 fully saturated rings. The zero-order valence-corrected chi connectivity index (χ0v) is 17.1. The summed E-state index contributed by atoms with van der Waals surface area (Å²) < 4.78 is 38.4. The minimum atomic E-state index is -3.77. The van der Waals surface area contributed by atoms with Gasteiger partial charge in [-0.05, 0) is 50.1 Å². The average Bonchev–Trinajstić information content (AvgIpc) is 2.68. The molecule has 1 aliphatic carbocycles. The van der Waals surface area contributed by atoms with Gasteiger partial charge in [0.25, 0.3) is 10.0 Å². The first-order valence-electron chi connectivity index (χ1n) is 8.84. The summed E-state index contributed by atoms with van der Waals surface area (Å²) in [5.74, 6) is 0.439. The highest BCUT2D eigenvalue weighted by atomic mass is 32.2. The van der Waals surface area contributed by atoms with Crippen molar-refractivity contribution in [1.29, 1.82) is 0 Å². The third-order valence-corrected chi connectivity index (χ3v) is 5.77. The van der Waals surface area contributed by atoms with Gasteiger partial charge in [-0.25, -0.2) is 13.2 Å². The van der Waals surface area contributed by atoms with Crippen LogP contribution >= 0.6 is 0 Å². The molecule has 1 aromatic carbocycles. The molecule has 3 rings (SSSR count). The lowest BCUT2D eigenvalue weighted by molar-refractivity contribution is 0.275. The molecule has 6 nitrogen and oxygen atoms in total. The first kappa shape index (κ1) is 20.8. The number of hydrogen-bond acceptors (Lipinski definition) is 5. The van der Waals surface area contributed by atoms with Crippen molar-refractivity contribution >= 4 is 26.7 Å². The van der Waals surface area contributed by atoms with Crippen LogP contribution in [0.3, 0.4) is 0 Å². The van der Waals surface area contributed by atoms with Gasteiger partial charge in [-0.15, -0.1) is 0 Å². The summed E-state index contributed by atoms with van der Waals surface area (Å²) in [5.41, 5.74) is 1.70. The Bertz CT molecular complexity index is 1070. The van der Waals surface area contributed by atoms with Crippen LogP contribution in [0.15, 0.2) is 50.2 Å². The van der Waals surface area contributed by atoms with E-state index in [0.29, 0.717) is 34.4 Å². The predicted octanol–water partition coefficient (Wildman–Crippen LogP) is 4.63. The standard InChI is InChI=1S/C18H19NO5S.C2H6.H2/c1-11-12(2)18(20)24-15-9-8-13(10-14(11)15)19-25(21,22)17-7-5-4-6-16(17)23-3;1-2;/h5,7-10,19H,4,6H2,1-3H3;1-2H3;1H. The Labute approximate surface area is 161 Å². The van der Waals surface area contributed by atoms with Gasteiger partial charge in [0.1, 0.15) is 16.2 Å². The molecule has 1 heterocycles. The van der Waals surface area contributed by atoms with Crippen LogP contribution < -0.4 is 10.3 Å². The number of allylic oxidation sites excluding steroid dienone is 3. The molecule has 1 aliphatic rings. The monoisotopic (exact) mass is 393 g/mol. The first-order valence-corrected chi connectivity index (χ1v) is 10.3. The number of rotatable bonds is 4. The van der Waals surface area contributed by atoms with E-state index in [1.165, 1.54) is 7.11 Å². The van der Waals surface area contributed by atoms with E-state index < -0.39 is 10.0 Å². The van der Waals surface area contributed by atoms with Crippen LogP contribution in [-0.2, 0) is 14.8 Å². The Kier molecular flexibility index (Phi) is 6.49. The molecule has 0 unspecified atom stereocenters. The molecule has 0 radical (unpaired) electrons. The van der Waals surface area contributed by atoms with Gasteiger partial charge < -0.3 is 9.15 Å². The third-order valence-electron chi connectivity index (χ3n) is 4.33. The second-order valence-corrected chi connectivity index (χ2v) is 7.54. The molecular weight excluding hydrogens is 366 g/mol. The molecule has 2 aromatic rings. The maximum atomic E-state index is 12.7. The van der Waals surface area contributed by atoms with Gasteiger partial charge in [0.2, 0.25) is 0 Å². The van der Waals surface area contributed by atoms with Gasteiger partial charge in [0.15, 0.2) is 0 Å². The van der Waals surface area contributed by atoms with Crippen molar-refractivity contribution in [2.45, 2.75) is 40.5 Å². The summed E-state index contributed by atoms with van der Waals surface area (Å²) >= 11 is 0. The SMILES string of the molecule is CC.COC1=C(S(=O)(=O)Nc2ccc3oc(=O)c(C)c(C)c3c2)C=CCC1.[HH]. The highest BCUT2D eigenvalue weighted by Gasteiger charge is 2.23. The molecule has 0 atom stereocenters. The lowest BCUT2D eigenvalue weighted by atomic mass is 10.1. The summed E-state index contributed by atoms with van der Waals surface area (Å²) in [4.78, 5) is 11.9. The smallest absolute Gasteiger partial charge is 0.339 e. The molecule has 0 bridgehead atoms. The minimum absolute atomic E-state index is 0. The molecule has 0 amide bonds. The lowest BCUT2D eigenvalue weighted by Crippen LogP contribution is -2.17. The third kappa shape index (κ3) is 4.24. The largest absolute Gasteiger partial charge is 0.500 e. The topological polar surface area (TPSA) is 85.6 Å². The fourth-order valence-electron chi connectivity index (χ4n) is 2.78. The second kappa shape index (κ2) is 8.43. The van der Waals surface area contributed by atoms with Crippen LogP contribution in [0.2, 0.25) is 0 Å². The van der Waals surface area contributed by atoms with E-state index in [0.717, 1.165) is 12.0 Å². The van der Waals surface area contributed by atoms with Crippen LogP contribution in [0.4, 0.5) is 5.69 Å². The van der Waals surface area contributed by atoms with Crippen LogP contribution in [0.5, 0.6) is 0 Å².